The molecule has 0 aromatic heterocycles. The Hall–Kier alpha value is -1.26. The quantitative estimate of drug-likeness (QED) is 0.650. The maximum atomic E-state index is 11.7. The second-order valence-electron chi connectivity index (χ2n) is 3.73. The first-order valence-electron chi connectivity index (χ1n) is 5.29. The molecule has 4 nitrogen and oxygen atoms in total. The fraction of sp³-hybridized carbons (Fsp3) is 0.417. The fourth-order valence-electron chi connectivity index (χ4n) is 1.26. The molecule has 0 heterocycles. The summed E-state index contributed by atoms with van der Waals surface area (Å²) in [5.74, 6) is -0.406. The number of ether oxygens (including phenoxy) is 2. The predicted octanol–water partition coefficient (Wildman–Crippen LogP) is 2.50. The minimum Gasteiger partial charge on any atom is -0.459 e. The monoisotopic (exact) mass is 257 g/mol. The van der Waals surface area contributed by atoms with Gasteiger partial charge in [-0.15, -0.1) is 0 Å². The highest BCUT2D eigenvalue weighted by Gasteiger charge is 2.12. The Kier molecular flexibility index (Phi) is 5.25. The standard InChI is InChI=1S/C12H16ClNO3/c1-8(5-6-16-2)17-12(15)9-3-4-10(13)11(14)7-9/h3-4,7-8H,5-6,14H2,1-2H3. The van der Waals surface area contributed by atoms with E-state index >= 15 is 0 Å². The third-order valence-corrected chi connectivity index (χ3v) is 2.61. The summed E-state index contributed by atoms with van der Waals surface area (Å²) in [6.07, 6.45) is 0.463. The summed E-state index contributed by atoms with van der Waals surface area (Å²) >= 11 is 5.77. The Balaban J connectivity index is 2.60. The summed E-state index contributed by atoms with van der Waals surface area (Å²) in [7, 11) is 1.61. The van der Waals surface area contributed by atoms with E-state index in [2.05, 4.69) is 0 Å². The lowest BCUT2D eigenvalue weighted by atomic mass is 10.2. The zero-order valence-corrected chi connectivity index (χ0v) is 10.7. The molecule has 1 aromatic carbocycles. The van der Waals surface area contributed by atoms with E-state index < -0.39 is 5.97 Å². The highest BCUT2D eigenvalue weighted by molar-refractivity contribution is 6.33. The summed E-state index contributed by atoms with van der Waals surface area (Å²) in [6.45, 7) is 2.37. The second-order valence-corrected chi connectivity index (χ2v) is 4.14. The molecule has 0 bridgehead atoms. The van der Waals surface area contributed by atoms with E-state index in [1.54, 1.807) is 19.2 Å². The molecule has 0 aliphatic rings. The van der Waals surface area contributed by atoms with Gasteiger partial charge in [-0.2, -0.15) is 0 Å². The van der Waals surface area contributed by atoms with E-state index in [0.717, 1.165) is 0 Å². The van der Waals surface area contributed by atoms with Crippen molar-refractivity contribution < 1.29 is 14.3 Å². The molecule has 0 amide bonds. The normalized spacial score (nSPS) is 12.2. The minimum absolute atomic E-state index is 0.195. The van der Waals surface area contributed by atoms with Gasteiger partial charge in [0.15, 0.2) is 0 Å². The van der Waals surface area contributed by atoms with Crippen molar-refractivity contribution >= 4 is 23.3 Å². The summed E-state index contributed by atoms with van der Waals surface area (Å²) < 4.78 is 10.1. The van der Waals surface area contributed by atoms with Gasteiger partial charge in [-0.05, 0) is 25.1 Å². The van der Waals surface area contributed by atoms with Crippen LogP contribution in [0.5, 0.6) is 0 Å². The van der Waals surface area contributed by atoms with Crippen LogP contribution < -0.4 is 5.73 Å². The van der Waals surface area contributed by atoms with E-state index in [-0.39, 0.29) is 6.10 Å². The number of benzene rings is 1. The van der Waals surface area contributed by atoms with Gasteiger partial charge in [-0.25, -0.2) is 4.79 Å². The Morgan fingerprint density at radius 1 is 1.53 bits per heavy atom. The van der Waals surface area contributed by atoms with Crippen LogP contribution in [0.2, 0.25) is 5.02 Å². The largest absolute Gasteiger partial charge is 0.459 e. The topological polar surface area (TPSA) is 61.5 Å². The van der Waals surface area contributed by atoms with Gasteiger partial charge >= 0.3 is 5.97 Å². The van der Waals surface area contributed by atoms with Crippen molar-refractivity contribution in [2.75, 3.05) is 19.5 Å². The van der Waals surface area contributed by atoms with Crippen LogP contribution in [0.15, 0.2) is 18.2 Å². The molecular weight excluding hydrogens is 242 g/mol. The Morgan fingerprint density at radius 2 is 2.24 bits per heavy atom. The molecule has 1 unspecified atom stereocenters. The molecule has 1 rings (SSSR count). The van der Waals surface area contributed by atoms with E-state index in [0.29, 0.717) is 29.3 Å². The summed E-state index contributed by atoms with van der Waals surface area (Å²) in [6, 6.07) is 4.67. The smallest absolute Gasteiger partial charge is 0.338 e. The third kappa shape index (κ3) is 4.24. The molecule has 0 aliphatic heterocycles. The number of nitrogens with two attached hydrogens (primary N) is 1. The number of carbonyl (C=O) groups excluding carboxylic acids is 1. The van der Waals surface area contributed by atoms with Crippen LogP contribution in [-0.2, 0) is 9.47 Å². The highest BCUT2D eigenvalue weighted by atomic mass is 35.5. The highest BCUT2D eigenvalue weighted by Crippen LogP contribution is 2.20. The number of rotatable bonds is 5. The van der Waals surface area contributed by atoms with Gasteiger partial charge in [0.1, 0.15) is 6.10 Å². The lowest BCUT2D eigenvalue weighted by Crippen LogP contribution is -2.16. The molecule has 0 saturated heterocycles. The van der Waals surface area contributed by atoms with Crippen LogP contribution in [0, 0.1) is 0 Å². The lowest BCUT2D eigenvalue weighted by molar-refractivity contribution is 0.0267. The maximum absolute atomic E-state index is 11.7. The van der Waals surface area contributed by atoms with E-state index in [9.17, 15) is 4.79 Å². The molecule has 1 aromatic rings. The average molecular weight is 258 g/mol. The van der Waals surface area contributed by atoms with Crippen molar-refractivity contribution in [1.82, 2.24) is 0 Å². The van der Waals surface area contributed by atoms with Crippen molar-refractivity contribution in [2.24, 2.45) is 0 Å². The molecule has 94 valence electrons. The first-order chi connectivity index (χ1) is 8.04. The number of methoxy groups -OCH3 is 1. The van der Waals surface area contributed by atoms with Crippen LogP contribution >= 0.6 is 11.6 Å². The molecule has 2 N–H and O–H groups in total. The number of esters is 1. The van der Waals surface area contributed by atoms with Crippen LogP contribution in [0.25, 0.3) is 0 Å². The molecule has 5 heteroatoms. The summed E-state index contributed by atoms with van der Waals surface area (Å²) in [4.78, 5) is 11.7. The molecule has 0 radical (unpaired) electrons. The van der Waals surface area contributed by atoms with Crippen molar-refractivity contribution in [1.29, 1.82) is 0 Å². The molecule has 1 atom stereocenters. The second kappa shape index (κ2) is 6.47. The minimum atomic E-state index is -0.406. The first-order valence-corrected chi connectivity index (χ1v) is 5.67. The number of carbonyl (C=O) groups is 1. The van der Waals surface area contributed by atoms with Crippen LogP contribution in [-0.4, -0.2) is 25.8 Å². The molecule has 17 heavy (non-hydrogen) atoms. The van der Waals surface area contributed by atoms with Gasteiger partial charge in [0.05, 0.1) is 16.3 Å². The van der Waals surface area contributed by atoms with Gasteiger partial charge in [0, 0.05) is 20.1 Å². The SMILES string of the molecule is COCCC(C)OC(=O)c1ccc(Cl)c(N)c1. The van der Waals surface area contributed by atoms with Gasteiger partial charge in [0.2, 0.25) is 0 Å². The molecule has 0 saturated carbocycles. The number of hydrogen-bond acceptors (Lipinski definition) is 4. The van der Waals surface area contributed by atoms with Crippen molar-refractivity contribution in [3.05, 3.63) is 28.8 Å². The molecule has 0 fully saturated rings. The number of anilines is 1. The van der Waals surface area contributed by atoms with Crippen molar-refractivity contribution in [3.63, 3.8) is 0 Å². The van der Waals surface area contributed by atoms with Gasteiger partial charge in [-0.1, -0.05) is 11.6 Å². The molecule has 0 aliphatic carbocycles. The van der Waals surface area contributed by atoms with E-state index in [1.807, 2.05) is 6.92 Å². The van der Waals surface area contributed by atoms with Crippen LogP contribution in [0.4, 0.5) is 5.69 Å². The van der Waals surface area contributed by atoms with Crippen molar-refractivity contribution in [2.45, 2.75) is 19.4 Å². The van der Waals surface area contributed by atoms with E-state index in [1.165, 1.54) is 6.07 Å². The Labute approximate surface area is 106 Å². The number of nitrogen functional groups attached to an aromatic ring is 1. The van der Waals surface area contributed by atoms with Crippen LogP contribution in [0.1, 0.15) is 23.7 Å². The van der Waals surface area contributed by atoms with E-state index in [4.69, 9.17) is 26.8 Å². The first kappa shape index (κ1) is 13.8. The van der Waals surface area contributed by atoms with Gasteiger partial charge in [0.25, 0.3) is 0 Å². The molecule has 0 spiro atoms. The Morgan fingerprint density at radius 3 is 2.82 bits per heavy atom. The zero-order chi connectivity index (χ0) is 12.8. The molecular formula is C12H16ClNO3. The number of hydrogen-bond donors (Lipinski definition) is 1. The lowest BCUT2D eigenvalue weighted by Gasteiger charge is -2.13. The van der Waals surface area contributed by atoms with Gasteiger partial charge in [-0.3, -0.25) is 0 Å². The summed E-state index contributed by atoms with van der Waals surface area (Å²) in [5.41, 5.74) is 6.38. The summed E-state index contributed by atoms with van der Waals surface area (Å²) in [5, 5.41) is 0.425. The van der Waals surface area contributed by atoms with Crippen molar-refractivity contribution in [3.8, 4) is 0 Å². The third-order valence-electron chi connectivity index (χ3n) is 2.27. The van der Waals surface area contributed by atoms with Gasteiger partial charge < -0.3 is 15.2 Å². The Bertz CT molecular complexity index is 395. The number of halogens is 1. The zero-order valence-electron chi connectivity index (χ0n) is 9.90. The maximum Gasteiger partial charge on any atom is 0.338 e. The fourth-order valence-corrected chi connectivity index (χ4v) is 1.38. The average Bonchev–Trinajstić information content (AvgIpc) is 2.30. The predicted molar refractivity (Wildman–Crippen MR) is 67.2 cm³/mol. The van der Waals surface area contributed by atoms with Crippen LogP contribution in [0.3, 0.4) is 0 Å².